The van der Waals surface area contributed by atoms with Crippen molar-refractivity contribution in [2.24, 2.45) is 0 Å². The number of carboxylic acid groups (broad SMARTS) is 1. The van der Waals surface area contributed by atoms with Crippen LogP contribution in [0.25, 0.3) is 0 Å². The molecule has 1 N–H and O–H groups in total. The van der Waals surface area contributed by atoms with Crippen molar-refractivity contribution >= 4 is 5.97 Å². The van der Waals surface area contributed by atoms with Crippen LogP contribution in [-0.2, 0) is 4.79 Å². The Labute approximate surface area is 141 Å². The summed E-state index contributed by atoms with van der Waals surface area (Å²) in [5.74, 6) is -1.07. The Morgan fingerprint density at radius 3 is 2.58 bits per heavy atom. The highest BCUT2D eigenvalue weighted by Crippen LogP contribution is 2.36. The third-order valence-corrected chi connectivity index (χ3v) is 4.83. The number of halogens is 1. The summed E-state index contributed by atoms with van der Waals surface area (Å²) in [6.07, 6.45) is 1.51. The van der Waals surface area contributed by atoms with Gasteiger partial charge in [-0.15, -0.1) is 0 Å². The summed E-state index contributed by atoms with van der Waals surface area (Å²) >= 11 is 0. The van der Waals surface area contributed by atoms with Crippen LogP contribution in [0.4, 0.5) is 4.39 Å². The molecule has 0 radical (unpaired) electrons. The second kappa shape index (κ2) is 6.73. The molecule has 0 bridgehead atoms. The minimum absolute atomic E-state index is 0.172. The van der Waals surface area contributed by atoms with E-state index in [9.17, 15) is 14.3 Å². The number of likely N-dealkylation sites (tertiary alicyclic amines) is 1. The lowest BCUT2D eigenvalue weighted by atomic mass is 9.91. The molecule has 126 valence electrons. The molecule has 2 aromatic carbocycles. The molecule has 0 aromatic heterocycles. The second-order valence-electron chi connectivity index (χ2n) is 6.55. The standard InChI is InChI=1S/C20H22FNO2/c1-13-5-6-14(2)17(12-13)19(15-7-9-16(21)10-8-15)22-11-3-4-18(22)20(23)24/h5-10,12,18-19H,3-4,11H2,1-2H3,(H,23,24). The number of rotatable bonds is 4. The van der Waals surface area contributed by atoms with Crippen molar-refractivity contribution in [3.8, 4) is 0 Å². The van der Waals surface area contributed by atoms with Crippen LogP contribution < -0.4 is 0 Å². The van der Waals surface area contributed by atoms with Crippen LogP contribution in [0.1, 0.15) is 41.1 Å². The summed E-state index contributed by atoms with van der Waals surface area (Å²) in [7, 11) is 0. The molecule has 3 nitrogen and oxygen atoms in total. The molecular weight excluding hydrogens is 305 g/mol. The summed E-state index contributed by atoms with van der Waals surface area (Å²) in [5.41, 5.74) is 4.27. The number of aliphatic carboxylic acids is 1. The molecule has 1 saturated heterocycles. The monoisotopic (exact) mass is 327 g/mol. The van der Waals surface area contributed by atoms with Crippen LogP contribution in [0.5, 0.6) is 0 Å². The van der Waals surface area contributed by atoms with E-state index in [4.69, 9.17) is 0 Å². The second-order valence-corrected chi connectivity index (χ2v) is 6.55. The largest absolute Gasteiger partial charge is 0.480 e. The van der Waals surface area contributed by atoms with E-state index in [2.05, 4.69) is 18.2 Å². The Kier molecular flexibility index (Phi) is 4.67. The van der Waals surface area contributed by atoms with Gasteiger partial charge >= 0.3 is 5.97 Å². The van der Waals surface area contributed by atoms with Gasteiger partial charge in [0.05, 0.1) is 6.04 Å². The third kappa shape index (κ3) is 3.20. The van der Waals surface area contributed by atoms with E-state index >= 15 is 0 Å². The maximum Gasteiger partial charge on any atom is 0.320 e. The van der Waals surface area contributed by atoms with Gasteiger partial charge in [-0.3, -0.25) is 9.69 Å². The fraction of sp³-hybridized carbons (Fsp3) is 0.350. The third-order valence-electron chi connectivity index (χ3n) is 4.83. The first-order valence-electron chi connectivity index (χ1n) is 8.28. The first kappa shape index (κ1) is 16.7. The number of hydrogen-bond donors (Lipinski definition) is 1. The lowest BCUT2D eigenvalue weighted by Gasteiger charge is -2.33. The Morgan fingerprint density at radius 1 is 1.21 bits per heavy atom. The molecule has 0 saturated carbocycles. The first-order chi connectivity index (χ1) is 11.5. The minimum atomic E-state index is -0.787. The lowest BCUT2D eigenvalue weighted by molar-refractivity contribution is -0.142. The molecule has 1 aliphatic rings. The number of aryl methyl sites for hydroxylation is 2. The van der Waals surface area contributed by atoms with Crippen LogP contribution in [0.3, 0.4) is 0 Å². The molecule has 2 atom stereocenters. The predicted octanol–water partition coefficient (Wildman–Crippen LogP) is 4.08. The highest BCUT2D eigenvalue weighted by atomic mass is 19.1. The number of carboxylic acids is 1. The predicted molar refractivity (Wildman–Crippen MR) is 91.5 cm³/mol. The van der Waals surface area contributed by atoms with Gasteiger partial charge in [0.2, 0.25) is 0 Å². The molecule has 4 heteroatoms. The van der Waals surface area contributed by atoms with Crippen LogP contribution in [-0.4, -0.2) is 28.6 Å². The molecule has 1 aliphatic heterocycles. The number of benzene rings is 2. The van der Waals surface area contributed by atoms with E-state index in [1.54, 1.807) is 12.1 Å². The lowest BCUT2D eigenvalue weighted by Crippen LogP contribution is -2.39. The minimum Gasteiger partial charge on any atom is -0.480 e. The fourth-order valence-corrected chi connectivity index (χ4v) is 3.61. The van der Waals surface area contributed by atoms with Crippen molar-refractivity contribution in [1.29, 1.82) is 0 Å². The van der Waals surface area contributed by atoms with E-state index in [-0.39, 0.29) is 11.9 Å². The molecule has 24 heavy (non-hydrogen) atoms. The van der Waals surface area contributed by atoms with Crippen molar-refractivity contribution in [1.82, 2.24) is 4.90 Å². The fourth-order valence-electron chi connectivity index (χ4n) is 3.61. The van der Waals surface area contributed by atoms with Crippen molar-refractivity contribution in [3.05, 3.63) is 70.5 Å². The highest BCUT2D eigenvalue weighted by molar-refractivity contribution is 5.74. The molecule has 1 fully saturated rings. The average Bonchev–Trinajstić information content (AvgIpc) is 3.02. The van der Waals surface area contributed by atoms with Gasteiger partial charge in [0, 0.05) is 6.54 Å². The van der Waals surface area contributed by atoms with Gasteiger partial charge in [0.1, 0.15) is 11.9 Å². The van der Waals surface area contributed by atoms with Crippen LogP contribution in [0.2, 0.25) is 0 Å². The van der Waals surface area contributed by atoms with Crippen LogP contribution in [0, 0.1) is 19.7 Å². The molecule has 0 spiro atoms. The SMILES string of the molecule is Cc1ccc(C)c(C(c2ccc(F)cc2)N2CCCC2C(=O)O)c1. The van der Waals surface area contributed by atoms with Crippen molar-refractivity contribution in [2.45, 2.75) is 38.8 Å². The van der Waals surface area contributed by atoms with E-state index in [0.29, 0.717) is 6.42 Å². The maximum absolute atomic E-state index is 13.4. The smallest absolute Gasteiger partial charge is 0.320 e. The first-order valence-corrected chi connectivity index (χ1v) is 8.28. The van der Waals surface area contributed by atoms with Crippen molar-refractivity contribution < 1.29 is 14.3 Å². The molecule has 2 aromatic rings. The number of hydrogen-bond acceptors (Lipinski definition) is 2. The van der Waals surface area contributed by atoms with E-state index in [1.807, 2.05) is 18.7 Å². The number of carbonyl (C=O) groups is 1. The van der Waals surface area contributed by atoms with Gasteiger partial charge in [-0.05, 0) is 55.5 Å². The Balaban J connectivity index is 2.12. The van der Waals surface area contributed by atoms with Crippen LogP contribution in [0.15, 0.2) is 42.5 Å². The molecule has 2 unspecified atom stereocenters. The molecule has 0 amide bonds. The zero-order chi connectivity index (χ0) is 17.3. The molecule has 0 aliphatic carbocycles. The summed E-state index contributed by atoms with van der Waals surface area (Å²) in [4.78, 5) is 13.7. The van der Waals surface area contributed by atoms with E-state index in [0.717, 1.165) is 35.2 Å². The molecule has 3 rings (SSSR count). The average molecular weight is 327 g/mol. The Hall–Kier alpha value is -2.20. The van der Waals surface area contributed by atoms with E-state index < -0.39 is 12.0 Å². The maximum atomic E-state index is 13.4. The van der Waals surface area contributed by atoms with Gasteiger partial charge in [-0.2, -0.15) is 0 Å². The Morgan fingerprint density at radius 2 is 1.92 bits per heavy atom. The van der Waals surface area contributed by atoms with Gasteiger partial charge in [0.25, 0.3) is 0 Å². The Bertz CT molecular complexity index is 742. The van der Waals surface area contributed by atoms with E-state index in [1.165, 1.54) is 12.1 Å². The zero-order valence-corrected chi connectivity index (χ0v) is 14.0. The normalized spacial score (nSPS) is 19.4. The topological polar surface area (TPSA) is 40.5 Å². The van der Waals surface area contributed by atoms with Gasteiger partial charge in [-0.1, -0.05) is 35.9 Å². The number of nitrogens with zero attached hydrogens (tertiary/aromatic N) is 1. The highest BCUT2D eigenvalue weighted by Gasteiger charge is 2.37. The van der Waals surface area contributed by atoms with Crippen molar-refractivity contribution in [2.75, 3.05) is 6.54 Å². The summed E-state index contributed by atoms with van der Waals surface area (Å²) in [6, 6.07) is 12.0. The summed E-state index contributed by atoms with van der Waals surface area (Å²) in [6.45, 7) is 4.80. The zero-order valence-electron chi connectivity index (χ0n) is 14.0. The van der Waals surface area contributed by atoms with Gasteiger partial charge < -0.3 is 5.11 Å². The quantitative estimate of drug-likeness (QED) is 0.920. The molecule has 1 heterocycles. The van der Waals surface area contributed by atoms with Crippen LogP contribution >= 0.6 is 0 Å². The van der Waals surface area contributed by atoms with Gasteiger partial charge in [-0.25, -0.2) is 4.39 Å². The summed E-state index contributed by atoms with van der Waals surface area (Å²) in [5, 5.41) is 9.59. The van der Waals surface area contributed by atoms with Crippen molar-refractivity contribution in [3.63, 3.8) is 0 Å². The van der Waals surface area contributed by atoms with Gasteiger partial charge in [0.15, 0.2) is 0 Å². The summed E-state index contributed by atoms with van der Waals surface area (Å²) < 4.78 is 13.4. The molecular formula is C20H22FNO2.